The van der Waals surface area contributed by atoms with E-state index < -0.39 is 0 Å². The molecule has 2 unspecified atom stereocenters. The van der Waals surface area contributed by atoms with Gasteiger partial charge >= 0.3 is 6.09 Å². The maximum absolute atomic E-state index is 11.6. The molecule has 2 saturated heterocycles. The third-order valence-electron chi connectivity index (χ3n) is 2.91. The molecule has 2 fully saturated rings. The maximum Gasteiger partial charge on any atom is 0.410 e. The summed E-state index contributed by atoms with van der Waals surface area (Å²) in [7, 11) is 0. The second-order valence-electron chi connectivity index (χ2n) is 4.28. The number of hydrogen-bond donors (Lipinski definition) is 0. The van der Waals surface area contributed by atoms with E-state index in [9.17, 15) is 4.79 Å². The van der Waals surface area contributed by atoms with Crippen LogP contribution < -0.4 is 0 Å². The molecule has 2 bridgehead atoms. The van der Waals surface area contributed by atoms with Crippen LogP contribution in [0.25, 0.3) is 0 Å². The molecule has 15 heavy (non-hydrogen) atoms. The van der Waals surface area contributed by atoms with Crippen molar-refractivity contribution >= 4 is 6.09 Å². The van der Waals surface area contributed by atoms with Gasteiger partial charge in [0.15, 0.2) is 0 Å². The molecule has 0 saturated carbocycles. The minimum Gasteiger partial charge on any atom is -0.445 e. The Hall–Kier alpha value is -1.03. The van der Waals surface area contributed by atoms with Crippen molar-refractivity contribution in [2.45, 2.75) is 6.42 Å². The molecule has 0 N–H and O–H groups in total. The third-order valence-corrected chi connectivity index (χ3v) is 2.91. The lowest BCUT2D eigenvalue weighted by molar-refractivity contribution is -0.0374. The van der Waals surface area contributed by atoms with Gasteiger partial charge in [-0.15, -0.1) is 0 Å². The molecule has 0 aromatic heterocycles. The number of carbonyl (C=O) groups is 1. The standard InChI is InChI=1S/C11H17NO3/c1-2-3-15-11(13)12-5-9-4-10(6-12)8-14-7-9/h2,9-10H,1,3-8H2. The molecule has 2 aliphatic rings. The van der Waals surface area contributed by atoms with Crippen LogP contribution in [0.5, 0.6) is 0 Å². The van der Waals surface area contributed by atoms with Gasteiger partial charge in [0, 0.05) is 24.9 Å². The first-order valence-electron chi connectivity index (χ1n) is 5.40. The predicted molar refractivity (Wildman–Crippen MR) is 55.5 cm³/mol. The molecule has 0 aromatic rings. The Morgan fingerprint density at radius 3 is 2.73 bits per heavy atom. The van der Waals surface area contributed by atoms with Crippen molar-refractivity contribution in [3.8, 4) is 0 Å². The topological polar surface area (TPSA) is 38.8 Å². The molecule has 0 radical (unpaired) electrons. The smallest absolute Gasteiger partial charge is 0.410 e. The molecule has 1 amide bonds. The predicted octanol–water partition coefficient (Wildman–Crippen LogP) is 1.28. The summed E-state index contributed by atoms with van der Waals surface area (Å²) in [5.74, 6) is 0.988. The first-order valence-corrected chi connectivity index (χ1v) is 5.40. The van der Waals surface area contributed by atoms with Crippen LogP contribution in [0.15, 0.2) is 12.7 Å². The Morgan fingerprint density at radius 2 is 2.13 bits per heavy atom. The van der Waals surface area contributed by atoms with Gasteiger partial charge in [-0.1, -0.05) is 12.7 Å². The van der Waals surface area contributed by atoms with Crippen LogP contribution in [-0.2, 0) is 9.47 Å². The van der Waals surface area contributed by atoms with Crippen LogP contribution in [0.1, 0.15) is 6.42 Å². The summed E-state index contributed by atoms with van der Waals surface area (Å²) < 4.78 is 10.5. The normalized spacial score (nSPS) is 29.7. The number of piperidine rings is 1. The fourth-order valence-corrected chi connectivity index (χ4v) is 2.33. The number of carbonyl (C=O) groups excluding carboxylic acids is 1. The van der Waals surface area contributed by atoms with E-state index >= 15 is 0 Å². The van der Waals surface area contributed by atoms with Crippen molar-refractivity contribution in [1.82, 2.24) is 4.90 Å². The number of amides is 1. The summed E-state index contributed by atoms with van der Waals surface area (Å²) in [6.07, 6.45) is 2.56. The summed E-state index contributed by atoms with van der Waals surface area (Å²) in [5, 5.41) is 0. The number of nitrogens with zero attached hydrogens (tertiary/aromatic N) is 1. The van der Waals surface area contributed by atoms with Gasteiger partial charge in [0.1, 0.15) is 6.61 Å². The number of hydrogen-bond acceptors (Lipinski definition) is 3. The number of fused-ring (bicyclic) bond motifs is 2. The van der Waals surface area contributed by atoms with Gasteiger partial charge in [0.05, 0.1) is 13.2 Å². The van der Waals surface area contributed by atoms with Crippen LogP contribution in [0.3, 0.4) is 0 Å². The quantitative estimate of drug-likeness (QED) is 0.646. The fourth-order valence-electron chi connectivity index (χ4n) is 2.33. The molecule has 0 spiro atoms. The lowest BCUT2D eigenvalue weighted by Gasteiger charge is -2.40. The van der Waals surface area contributed by atoms with Crippen molar-refractivity contribution in [3.05, 3.63) is 12.7 Å². The highest BCUT2D eigenvalue weighted by atomic mass is 16.6. The minimum absolute atomic E-state index is 0.216. The van der Waals surface area contributed by atoms with E-state index in [1.807, 2.05) is 0 Å². The van der Waals surface area contributed by atoms with E-state index in [1.54, 1.807) is 11.0 Å². The Kier molecular flexibility index (Phi) is 3.26. The second-order valence-corrected chi connectivity index (χ2v) is 4.28. The van der Waals surface area contributed by atoms with Gasteiger partial charge in [0.2, 0.25) is 0 Å². The Labute approximate surface area is 89.8 Å². The van der Waals surface area contributed by atoms with E-state index in [4.69, 9.17) is 9.47 Å². The van der Waals surface area contributed by atoms with Gasteiger partial charge < -0.3 is 14.4 Å². The molecule has 4 heteroatoms. The summed E-state index contributed by atoms with van der Waals surface area (Å²) >= 11 is 0. The lowest BCUT2D eigenvalue weighted by atomic mass is 9.88. The van der Waals surface area contributed by atoms with Gasteiger partial charge in [-0.3, -0.25) is 0 Å². The molecular weight excluding hydrogens is 194 g/mol. The van der Waals surface area contributed by atoms with Gasteiger partial charge in [-0.2, -0.15) is 0 Å². The summed E-state index contributed by atoms with van der Waals surface area (Å²) in [4.78, 5) is 13.4. The van der Waals surface area contributed by atoms with E-state index in [-0.39, 0.29) is 6.09 Å². The van der Waals surface area contributed by atoms with Gasteiger partial charge in [0.25, 0.3) is 0 Å². The Morgan fingerprint density at radius 1 is 1.47 bits per heavy atom. The molecule has 84 valence electrons. The highest BCUT2D eigenvalue weighted by Gasteiger charge is 2.33. The third kappa shape index (κ3) is 2.50. The fraction of sp³-hybridized carbons (Fsp3) is 0.727. The van der Waals surface area contributed by atoms with Crippen LogP contribution in [-0.4, -0.2) is 43.9 Å². The van der Waals surface area contributed by atoms with E-state index in [0.717, 1.165) is 26.3 Å². The van der Waals surface area contributed by atoms with E-state index in [0.29, 0.717) is 18.4 Å². The largest absolute Gasteiger partial charge is 0.445 e. The van der Waals surface area contributed by atoms with Crippen molar-refractivity contribution in [1.29, 1.82) is 0 Å². The zero-order chi connectivity index (χ0) is 10.7. The minimum atomic E-state index is -0.216. The Bertz CT molecular complexity index is 242. The molecular formula is C11H17NO3. The molecule has 2 heterocycles. The van der Waals surface area contributed by atoms with Crippen LogP contribution in [0, 0.1) is 11.8 Å². The number of ether oxygens (including phenoxy) is 2. The van der Waals surface area contributed by atoms with E-state index in [1.165, 1.54) is 6.42 Å². The van der Waals surface area contributed by atoms with Gasteiger partial charge in [-0.05, 0) is 6.42 Å². The zero-order valence-corrected chi connectivity index (χ0v) is 8.85. The monoisotopic (exact) mass is 211 g/mol. The average Bonchev–Trinajstić information content (AvgIpc) is 2.25. The first kappa shape index (κ1) is 10.5. The summed E-state index contributed by atoms with van der Waals surface area (Å²) in [6, 6.07) is 0. The molecule has 2 atom stereocenters. The summed E-state index contributed by atoms with van der Waals surface area (Å²) in [6.45, 7) is 6.91. The SMILES string of the molecule is C=CCOC(=O)N1CC2COCC(C2)C1. The van der Waals surface area contributed by atoms with Crippen molar-refractivity contribution < 1.29 is 14.3 Å². The van der Waals surface area contributed by atoms with Gasteiger partial charge in [-0.25, -0.2) is 4.79 Å². The molecule has 2 aliphatic heterocycles. The second kappa shape index (κ2) is 4.66. The van der Waals surface area contributed by atoms with Crippen LogP contribution >= 0.6 is 0 Å². The average molecular weight is 211 g/mol. The Balaban J connectivity index is 1.87. The zero-order valence-electron chi connectivity index (χ0n) is 8.85. The summed E-state index contributed by atoms with van der Waals surface area (Å²) in [5.41, 5.74) is 0. The molecule has 0 aromatic carbocycles. The van der Waals surface area contributed by atoms with E-state index in [2.05, 4.69) is 6.58 Å². The van der Waals surface area contributed by atoms with Crippen molar-refractivity contribution in [2.24, 2.45) is 11.8 Å². The van der Waals surface area contributed by atoms with Crippen LogP contribution in [0.2, 0.25) is 0 Å². The maximum atomic E-state index is 11.6. The number of rotatable bonds is 2. The van der Waals surface area contributed by atoms with Crippen molar-refractivity contribution in [3.63, 3.8) is 0 Å². The van der Waals surface area contributed by atoms with Crippen LogP contribution in [0.4, 0.5) is 4.79 Å². The van der Waals surface area contributed by atoms with Crippen molar-refractivity contribution in [2.75, 3.05) is 32.9 Å². The number of likely N-dealkylation sites (tertiary alicyclic amines) is 1. The molecule has 2 rings (SSSR count). The molecule has 4 nitrogen and oxygen atoms in total. The first-order chi connectivity index (χ1) is 7.29. The lowest BCUT2D eigenvalue weighted by Crippen LogP contribution is -2.49. The molecule has 0 aliphatic carbocycles. The highest BCUT2D eigenvalue weighted by Crippen LogP contribution is 2.27. The highest BCUT2D eigenvalue weighted by molar-refractivity contribution is 5.67.